The van der Waals surface area contributed by atoms with E-state index in [0.717, 1.165) is 4.90 Å². The Kier molecular flexibility index (Phi) is 3.47. The van der Waals surface area contributed by atoms with E-state index < -0.39 is 23.2 Å². The van der Waals surface area contributed by atoms with Gasteiger partial charge in [-0.3, -0.25) is 19.3 Å². The van der Waals surface area contributed by atoms with Crippen LogP contribution in [0.1, 0.15) is 26.7 Å². The second-order valence-electron chi connectivity index (χ2n) is 3.89. The summed E-state index contributed by atoms with van der Waals surface area (Å²) < 4.78 is 0. The quantitative estimate of drug-likeness (QED) is 0.702. The molecule has 0 aliphatic carbocycles. The van der Waals surface area contributed by atoms with Crippen LogP contribution in [0.2, 0.25) is 0 Å². The Morgan fingerprint density at radius 3 is 2.00 bits per heavy atom. The lowest BCUT2D eigenvalue weighted by Gasteiger charge is -2.30. The molecule has 0 atom stereocenters. The van der Waals surface area contributed by atoms with Crippen LogP contribution in [0.5, 0.6) is 0 Å². The average Bonchev–Trinajstić information content (AvgIpc) is 2.56. The van der Waals surface area contributed by atoms with E-state index in [1.165, 1.54) is 12.2 Å². The van der Waals surface area contributed by atoms with Gasteiger partial charge in [-0.15, -0.1) is 0 Å². The van der Waals surface area contributed by atoms with Gasteiger partial charge < -0.3 is 5.11 Å². The molecule has 0 aromatic heterocycles. The first kappa shape index (κ1) is 12.4. The van der Waals surface area contributed by atoms with Crippen molar-refractivity contribution < 1.29 is 19.5 Å². The minimum absolute atomic E-state index is 0.0556. The van der Waals surface area contributed by atoms with E-state index in [9.17, 15) is 19.5 Å². The van der Waals surface area contributed by atoms with Crippen LogP contribution >= 0.6 is 0 Å². The standard InChI is InChI=1S/C11H15NO4/c1-3-11(4-2,10(15)16)7-12-8(13)5-6-9(12)14/h5-6H,3-4,7H2,1-2H3,(H,15,16). The molecule has 1 rings (SSSR count). The van der Waals surface area contributed by atoms with Crippen molar-refractivity contribution in [3.05, 3.63) is 12.2 Å². The third-order valence-corrected chi connectivity index (χ3v) is 3.17. The van der Waals surface area contributed by atoms with Crippen LogP contribution in [0, 0.1) is 5.41 Å². The molecular formula is C11H15NO4. The number of carboxylic acid groups (broad SMARTS) is 1. The summed E-state index contributed by atoms with van der Waals surface area (Å²) in [6.07, 6.45) is 3.10. The first-order valence-electron chi connectivity index (χ1n) is 5.23. The van der Waals surface area contributed by atoms with E-state index in [4.69, 9.17) is 0 Å². The number of carboxylic acids is 1. The highest BCUT2D eigenvalue weighted by Crippen LogP contribution is 2.29. The van der Waals surface area contributed by atoms with Gasteiger partial charge in [0.15, 0.2) is 0 Å². The summed E-state index contributed by atoms with van der Waals surface area (Å²) in [5, 5.41) is 9.19. The van der Waals surface area contributed by atoms with Crippen molar-refractivity contribution in [2.45, 2.75) is 26.7 Å². The molecule has 1 N–H and O–H groups in total. The molecule has 16 heavy (non-hydrogen) atoms. The van der Waals surface area contributed by atoms with Crippen LogP contribution in [0.25, 0.3) is 0 Å². The summed E-state index contributed by atoms with van der Waals surface area (Å²) in [5.41, 5.74) is -1.03. The number of hydrogen-bond acceptors (Lipinski definition) is 3. The minimum Gasteiger partial charge on any atom is -0.481 e. The molecule has 88 valence electrons. The van der Waals surface area contributed by atoms with Crippen molar-refractivity contribution in [2.75, 3.05) is 6.54 Å². The Morgan fingerprint density at radius 2 is 1.69 bits per heavy atom. The van der Waals surface area contributed by atoms with E-state index in [1.807, 2.05) is 0 Å². The van der Waals surface area contributed by atoms with Gasteiger partial charge in [0.2, 0.25) is 0 Å². The highest BCUT2D eigenvalue weighted by Gasteiger charge is 2.40. The van der Waals surface area contributed by atoms with Gasteiger partial charge in [0.1, 0.15) is 0 Å². The van der Waals surface area contributed by atoms with Crippen molar-refractivity contribution in [1.29, 1.82) is 0 Å². The van der Waals surface area contributed by atoms with Crippen molar-refractivity contribution in [3.8, 4) is 0 Å². The smallest absolute Gasteiger partial charge is 0.311 e. The van der Waals surface area contributed by atoms with Crippen molar-refractivity contribution >= 4 is 17.8 Å². The van der Waals surface area contributed by atoms with E-state index in [0.29, 0.717) is 12.8 Å². The topological polar surface area (TPSA) is 74.7 Å². The van der Waals surface area contributed by atoms with E-state index >= 15 is 0 Å². The van der Waals surface area contributed by atoms with Gasteiger partial charge in [-0.2, -0.15) is 0 Å². The predicted molar refractivity (Wildman–Crippen MR) is 56.5 cm³/mol. The monoisotopic (exact) mass is 225 g/mol. The lowest BCUT2D eigenvalue weighted by Crippen LogP contribution is -2.45. The molecule has 0 bridgehead atoms. The maximum Gasteiger partial charge on any atom is 0.311 e. The van der Waals surface area contributed by atoms with Crippen LogP contribution in [-0.2, 0) is 14.4 Å². The van der Waals surface area contributed by atoms with Gasteiger partial charge in [0.25, 0.3) is 11.8 Å². The molecule has 0 radical (unpaired) electrons. The van der Waals surface area contributed by atoms with Crippen molar-refractivity contribution in [1.82, 2.24) is 4.90 Å². The third-order valence-electron chi connectivity index (χ3n) is 3.17. The number of nitrogens with zero attached hydrogens (tertiary/aromatic N) is 1. The molecule has 0 spiro atoms. The molecule has 1 heterocycles. The van der Waals surface area contributed by atoms with Gasteiger partial charge in [0.05, 0.1) is 5.41 Å². The number of imide groups is 1. The Bertz CT molecular complexity index is 337. The van der Waals surface area contributed by atoms with Gasteiger partial charge in [-0.05, 0) is 12.8 Å². The first-order valence-corrected chi connectivity index (χ1v) is 5.23. The number of carbonyl (C=O) groups is 3. The van der Waals surface area contributed by atoms with Gasteiger partial charge >= 0.3 is 5.97 Å². The first-order chi connectivity index (χ1) is 7.46. The lowest BCUT2D eigenvalue weighted by atomic mass is 9.82. The van der Waals surface area contributed by atoms with Crippen LogP contribution < -0.4 is 0 Å². The molecular weight excluding hydrogens is 210 g/mol. The highest BCUT2D eigenvalue weighted by atomic mass is 16.4. The van der Waals surface area contributed by atoms with Crippen molar-refractivity contribution in [2.24, 2.45) is 5.41 Å². The van der Waals surface area contributed by atoms with E-state index in [-0.39, 0.29) is 6.54 Å². The predicted octanol–water partition coefficient (Wildman–Crippen LogP) is 0.802. The van der Waals surface area contributed by atoms with Gasteiger partial charge in [0, 0.05) is 18.7 Å². The molecule has 0 aromatic rings. The fraction of sp³-hybridized carbons (Fsp3) is 0.545. The number of aliphatic carboxylic acids is 1. The molecule has 5 nitrogen and oxygen atoms in total. The van der Waals surface area contributed by atoms with Crippen LogP contribution in [0.4, 0.5) is 0 Å². The number of hydrogen-bond donors (Lipinski definition) is 1. The van der Waals surface area contributed by atoms with Crippen LogP contribution in [0.3, 0.4) is 0 Å². The summed E-state index contributed by atoms with van der Waals surface area (Å²) in [4.78, 5) is 34.9. The zero-order valence-electron chi connectivity index (χ0n) is 9.40. The summed E-state index contributed by atoms with van der Waals surface area (Å²) in [6, 6.07) is 0. The minimum atomic E-state index is -1.03. The molecule has 0 aromatic carbocycles. The zero-order chi connectivity index (χ0) is 12.3. The zero-order valence-corrected chi connectivity index (χ0v) is 9.40. The highest BCUT2D eigenvalue weighted by molar-refractivity contribution is 6.13. The van der Waals surface area contributed by atoms with E-state index in [2.05, 4.69) is 0 Å². The normalized spacial score (nSPS) is 16.0. The Labute approximate surface area is 93.7 Å². The molecule has 0 saturated carbocycles. The molecule has 1 aliphatic rings. The fourth-order valence-corrected chi connectivity index (χ4v) is 1.73. The summed E-state index contributed by atoms with van der Waals surface area (Å²) in [6.45, 7) is 3.44. The maximum atomic E-state index is 11.3. The molecule has 1 aliphatic heterocycles. The average molecular weight is 225 g/mol. The number of amides is 2. The third kappa shape index (κ3) is 1.98. The number of rotatable bonds is 5. The van der Waals surface area contributed by atoms with Crippen LogP contribution in [-0.4, -0.2) is 34.3 Å². The van der Waals surface area contributed by atoms with E-state index in [1.54, 1.807) is 13.8 Å². The Balaban J connectivity index is 2.88. The summed E-state index contributed by atoms with van der Waals surface area (Å²) >= 11 is 0. The summed E-state index contributed by atoms with van der Waals surface area (Å²) in [7, 11) is 0. The molecule has 0 fully saturated rings. The summed E-state index contributed by atoms with van der Waals surface area (Å²) in [5.74, 6) is -1.83. The molecule has 0 saturated heterocycles. The SMILES string of the molecule is CCC(CC)(CN1C(=O)C=CC1=O)C(=O)O. The lowest BCUT2D eigenvalue weighted by molar-refractivity contribution is -0.153. The second kappa shape index (κ2) is 4.47. The fourth-order valence-electron chi connectivity index (χ4n) is 1.73. The molecule has 5 heteroatoms. The Hall–Kier alpha value is -1.65. The Morgan fingerprint density at radius 1 is 1.25 bits per heavy atom. The number of carbonyl (C=O) groups excluding carboxylic acids is 2. The van der Waals surface area contributed by atoms with Crippen LogP contribution in [0.15, 0.2) is 12.2 Å². The van der Waals surface area contributed by atoms with Gasteiger partial charge in [-0.1, -0.05) is 13.8 Å². The molecule has 0 unspecified atom stereocenters. The van der Waals surface area contributed by atoms with Gasteiger partial charge in [-0.25, -0.2) is 0 Å². The van der Waals surface area contributed by atoms with Crippen molar-refractivity contribution in [3.63, 3.8) is 0 Å². The second-order valence-corrected chi connectivity index (χ2v) is 3.89. The molecule has 2 amide bonds. The largest absolute Gasteiger partial charge is 0.481 e. The maximum absolute atomic E-state index is 11.3.